The van der Waals surface area contributed by atoms with Gasteiger partial charge >= 0.3 is 0 Å². The summed E-state index contributed by atoms with van der Waals surface area (Å²) in [6.07, 6.45) is 2.57. The Hall–Kier alpha value is -2.91. The van der Waals surface area contributed by atoms with Crippen LogP contribution in [0, 0.1) is 25.2 Å². The lowest BCUT2D eigenvalue weighted by Crippen LogP contribution is -2.29. The van der Waals surface area contributed by atoms with Crippen LogP contribution in [0.25, 0.3) is 6.08 Å². The summed E-state index contributed by atoms with van der Waals surface area (Å²) in [7, 11) is -3.92. The van der Waals surface area contributed by atoms with Gasteiger partial charge in [0, 0.05) is 6.08 Å². The monoisotopic (exact) mass is 340 g/mol. The standard InChI is InChI=1S/C18H16N2O3S/c1-13-6-8-17(10-14(13)2)24(22,23)20-18(21)9-7-15-4-3-5-16(11-15)12-19/h3-11H,1-2H3,(H,20,21)/b9-7+. The van der Waals surface area contributed by atoms with Crippen molar-refractivity contribution < 1.29 is 13.2 Å². The highest BCUT2D eigenvalue weighted by Crippen LogP contribution is 2.14. The number of amides is 1. The van der Waals surface area contributed by atoms with Crippen LogP contribution in [0.2, 0.25) is 0 Å². The van der Waals surface area contributed by atoms with Crippen molar-refractivity contribution in [1.82, 2.24) is 4.72 Å². The maximum absolute atomic E-state index is 12.2. The van der Waals surface area contributed by atoms with Crippen molar-refractivity contribution in [1.29, 1.82) is 5.26 Å². The Labute approximate surface area is 141 Å². The van der Waals surface area contributed by atoms with E-state index < -0.39 is 15.9 Å². The van der Waals surface area contributed by atoms with Crippen LogP contribution in [0.4, 0.5) is 0 Å². The van der Waals surface area contributed by atoms with E-state index >= 15 is 0 Å². The molecule has 1 N–H and O–H groups in total. The molecule has 0 radical (unpaired) electrons. The van der Waals surface area contributed by atoms with Gasteiger partial charge in [-0.1, -0.05) is 18.2 Å². The van der Waals surface area contributed by atoms with Gasteiger partial charge in [0.1, 0.15) is 0 Å². The highest BCUT2D eigenvalue weighted by molar-refractivity contribution is 7.90. The zero-order valence-electron chi connectivity index (χ0n) is 13.3. The minimum atomic E-state index is -3.92. The molecule has 0 saturated carbocycles. The average molecular weight is 340 g/mol. The summed E-state index contributed by atoms with van der Waals surface area (Å²) < 4.78 is 26.4. The first-order chi connectivity index (χ1) is 11.3. The molecule has 0 unspecified atom stereocenters. The van der Waals surface area contributed by atoms with E-state index in [2.05, 4.69) is 0 Å². The Morgan fingerprint density at radius 1 is 1.12 bits per heavy atom. The molecule has 6 heteroatoms. The maximum atomic E-state index is 12.2. The molecule has 2 aromatic carbocycles. The van der Waals surface area contributed by atoms with Gasteiger partial charge < -0.3 is 0 Å². The van der Waals surface area contributed by atoms with Crippen molar-refractivity contribution in [3.63, 3.8) is 0 Å². The predicted molar refractivity (Wildman–Crippen MR) is 91.4 cm³/mol. The number of nitrogens with one attached hydrogen (secondary N) is 1. The first kappa shape index (κ1) is 17.4. The SMILES string of the molecule is Cc1ccc(S(=O)(=O)NC(=O)/C=C/c2cccc(C#N)c2)cc1C. The number of hydrogen-bond donors (Lipinski definition) is 1. The van der Waals surface area contributed by atoms with E-state index in [4.69, 9.17) is 5.26 Å². The first-order valence-corrected chi connectivity index (χ1v) is 8.62. The van der Waals surface area contributed by atoms with Crippen LogP contribution in [-0.4, -0.2) is 14.3 Å². The van der Waals surface area contributed by atoms with Crippen LogP contribution >= 0.6 is 0 Å². The molecule has 0 fully saturated rings. The second-order valence-electron chi connectivity index (χ2n) is 5.29. The number of nitriles is 1. The third-order valence-electron chi connectivity index (χ3n) is 3.47. The molecule has 5 nitrogen and oxygen atoms in total. The fourth-order valence-electron chi connectivity index (χ4n) is 1.99. The number of carbonyl (C=O) groups excluding carboxylic acids is 1. The molecule has 0 bridgehead atoms. The van der Waals surface area contributed by atoms with Crippen LogP contribution in [0.5, 0.6) is 0 Å². The van der Waals surface area contributed by atoms with Gasteiger partial charge in [0.2, 0.25) is 0 Å². The molecule has 0 aliphatic carbocycles. The predicted octanol–water partition coefficient (Wildman–Crippen LogP) is 2.69. The summed E-state index contributed by atoms with van der Waals surface area (Å²) in [5.74, 6) is -0.754. The molecule has 0 spiro atoms. The van der Waals surface area contributed by atoms with Crippen molar-refractivity contribution >= 4 is 22.0 Å². The minimum Gasteiger partial charge on any atom is -0.269 e. The van der Waals surface area contributed by atoms with Crippen LogP contribution in [0.3, 0.4) is 0 Å². The average Bonchev–Trinajstić information content (AvgIpc) is 2.55. The third kappa shape index (κ3) is 4.31. The zero-order chi connectivity index (χ0) is 17.7. The highest BCUT2D eigenvalue weighted by atomic mass is 32.2. The lowest BCUT2D eigenvalue weighted by Gasteiger charge is -2.07. The normalized spacial score (nSPS) is 11.2. The van der Waals surface area contributed by atoms with Crippen molar-refractivity contribution in [2.75, 3.05) is 0 Å². The number of sulfonamides is 1. The molecule has 0 atom stereocenters. The summed E-state index contributed by atoms with van der Waals surface area (Å²) in [5.41, 5.74) is 2.89. The van der Waals surface area contributed by atoms with Crippen molar-refractivity contribution in [2.45, 2.75) is 18.7 Å². The van der Waals surface area contributed by atoms with Crippen LogP contribution < -0.4 is 4.72 Å². The number of hydrogen-bond acceptors (Lipinski definition) is 4. The first-order valence-electron chi connectivity index (χ1n) is 7.14. The van der Waals surface area contributed by atoms with Gasteiger partial charge in [-0.2, -0.15) is 5.26 Å². The minimum absolute atomic E-state index is 0.0406. The summed E-state index contributed by atoms with van der Waals surface area (Å²) in [6.45, 7) is 3.68. The Morgan fingerprint density at radius 3 is 2.54 bits per heavy atom. The maximum Gasteiger partial charge on any atom is 0.264 e. The lowest BCUT2D eigenvalue weighted by molar-refractivity contribution is -0.114. The van der Waals surface area contributed by atoms with Crippen molar-refractivity contribution in [2.24, 2.45) is 0 Å². The van der Waals surface area contributed by atoms with Gasteiger partial charge in [-0.25, -0.2) is 13.1 Å². The van der Waals surface area contributed by atoms with Crippen LogP contribution in [0.15, 0.2) is 53.4 Å². The second kappa shape index (κ2) is 7.11. The molecule has 0 aromatic heterocycles. The second-order valence-corrected chi connectivity index (χ2v) is 6.97. The van der Waals surface area contributed by atoms with E-state index in [1.165, 1.54) is 18.2 Å². The molecule has 122 valence electrons. The highest BCUT2D eigenvalue weighted by Gasteiger charge is 2.16. The molecule has 0 heterocycles. The van der Waals surface area contributed by atoms with Crippen molar-refractivity contribution in [3.05, 3.63) is 70.8 Å². The number of rotatable bonds is 4. The van der Waals surface area contributed by atoms with Gasteiger partial charge in [0.25, 0.3) is 15.9 Å². The topological polar surface area (TPSA) is 87.0 Å². The molecule has 0 aliphatic rings. The number of aryl methyl sites for hydroxylation is 2. The summed E-state index contributed by atoms with van der Waals surface area (Å²) in [5, 5.41) is 8.83. The van der Waals surface area contributed by atoms with Gasteiger partial charge in [-0.15, -0.1) is 0 Å². The van der Waals surface area contributed by atoms with E-state index in [1.807, 2.05) is 17.7 Å². The fraction of sp³-hybridized carbons (Fsp3) is 0.111. The Bertz CT molecular complexity index is 954. The Balaban J connectivity index is 2.14. The number of nitrogens with zero attached hydrogens (tertiary/aromatic N) is 1. The van der Waals surface area contributed by atoms with E-state index in [0.717, 1.165) is 17.2 Å². The van der Waals surface area contributed by atoms with Gasteiger partial charge in [-0.05, 0) is 60.9 Å². The van der Waals surface area contributed by atoms with E-state index in [-0.39, 0.29) is 4.90 Å². The summed E-state index contributed by atoms with van der Waals surface area (Å²) in [4.78, 5) is 11.9. The smallest absolute Gasteiger partial charge is 0.264 e. The zero-order valence-corrected chi connectivity index (χ0v) is 14.1. The molecule has 0 saturated heterocycles. The number of benzene rings is 2. The fourth-order valence-corrected chi connectivity index (χ4v) is 3.02. The van der Waals surface area contributed by atoms with Gasteiger partial charge in [0.05, 0.1) is 16.5 Å². The molecule has 2 aromatic rings. The van der Waals surface area contributed by atoms with Gasteiger partial charge in [-0.3, -0.25) is 4.79 Å². The van der Waals surface area contributed by atoms with Crippen molar-refractivity contribution in [3.8, 4) is 6.07 Å². The summed E-state index contributed by atoms with van der Waals surface area (Å²) in [6, 6.07) is 13.3. The Kier molecular flexibility index (Phi) is 5.17. The number of carbonyl (C=O) groups is 1. The van der Waals surface area contributed by atoms with E-state index in [1.54, 1.807) is 37.3 Å². The van der Waals surface area contributed by atoms with E-state index in [0.29, 0.717) is 11.1 Å². The summed E-state index contributed by atoms with van der Waals surface area (Å²) >= 11 is 0. The molecular formula is C18H16N2O3S. The van der Waals surface area contributed by atoms with E-state index in [9.17, 15) is 13.2 Å². The molecule has 24 heavy (non-hydrogen) atoms. The Morgan fingerprint density at radius 2 is 1.88 bits per heavy atom. The third-order valence-corrected chi connectivity index (χ3v) is 4.81. The van der Waals surface area contributed by atoms with Crippen LogP contribution in [-0.2, 0) is 14.8 Å². The quantitative estimate of drug-likeness (QED) is 0.867. The molecule has 1 amide bonds. The molecule has 2 rings (SSSR count). The molecule has 0 aliphatic heterocycles. The van der Waals surface area contributed by atoms with Crippen LogP contribution in [0.1, 0.15) is 22.3 Å². The molecular weight excluding hydrogens is 324 g/mol. The van der Waals surface area contributed by atoms with Gasteiger partial charge in [0.15, 0.2) is 0 Å². The largest absolute Gasteiger partial charge is 0.269 e. The lowest BCUT2D eigenvalue weighted by atomic mass is 10.1.